The number of carbonyl (C=O) groups is 3. The van der Waals surface area contributed by atoms with Crippen LogP contribution in [0.1, 0.15) is 41.0 Å². The van der Waals surface area contributed by atoms with Gasteiger partial charge in [-0.15, -0.1) is 11.3 Å². The number of thiazole rings is 1. The molecular weight excluding hydrogens is 541 g/mol. The number of carbonyl (C=O) groups excluding carboxylic acids is 3. The summed E-state index contributed by atoms with van der Waals surface area (Å²) < 4.78 is 38.6. The number of nitrogens with zero attached hydrogens (tertiary/aromatic N) is 2. The Morgan fingerprint density at radius 1 is 1.08 bits per heavy atom. The van der Waals surface area contributed by atoms with Crippen molar-refractivity contribution in [3.63, 3.8) is 0 Å². The molecule has 3 aromatic rings. The van der Waals surface area contributed by atoms with Gasteiger partial charge in [0, 0.05) is 29.1 Å². The maximum absolute atomic E-state index is 12.9. The van der Waals surface area contributed by atoms with E-state index in [0.29, 0.717) is 28.4 Å². The molecule has 0 aliphatic rings. The highest BCUT2D eigenvalue weighted by Gasteiger charge is 2.30. The summed E-state index contributed by atoms with van der Waals surface area (Å²) in [5.74, 6) is -1.05. The average molecular weight is 567 g/mol. The predicted molar refractivity (Wildman–Crippen MR) is 140 cm³/mol. The first-order chi connectivity index (χ1) is 17.9. The van der Waals surface area contributed by atoms with Crippen LogP contribution in [-0.2, 0) is 28.7 Å². The first kappa shape index (κ1) is 29.1. The monoisotopic (exact) mass is 566 g/mol. The Morgan fingerprint density at radius 3 is 2.45 bits per heavy atom. The minimum absolute atomic E-state index is 0.0657. The lowest BCUT2D eigenvalue weighted by molar-refractivity contribution is -0.137. The maximum atomic E-state index is 12.9. The van der Waals surface area contributed by atoms with Gasteiger partial charge in [-0.2, -0.15) is 13.2 Å². The lowest BCUT2D eigenvalue weighted by Crippen LogP contribution is -2.40. The van der Waals surface area contributed by atoms with E-state index >= 15 is 0 Å². The molecule has 0 saturated carbocycles. The molecule has 202 valence electrons. The van der Waals surface area contributed by atoms with Crippen molar-refractivity contribution in [1.82, 2.24) is 15.2 Å². The largest absolute Gasteiger partial charge is 0.416 e. The van der Waals surface area contributed by atoms with E-state index in [2.05, 4.69) is 15.6 Å². The quantitative estimate of drug-likeness (QED) is 0.343. The summed E-state index contributed by atoms with van der Waals surface area (Å²) >= 11 is 7.02. The molecule has 0 saturated heterocycles. The molecule has 0 unspecified atom stereocenters. The zero-order chi connectivity index (χ0) is 27.9. The summed E-state index contributed by atoms with van der Waals surface area (Å²) in [6.45, 7) is 3.98. The highest BCUT2D eigenvalue weighted by Crippen LogP contribution is 2.29. The topological polar surface area (TPSA) is 91.4 Å². The Labute approximate surface area is 227 Å². The molecular formula is C26H26ClF3N4O3S. The van der Waals surface area contributed by atoms with Crippen LogP contribution < -0.4 is 10.6 Å². The average Bonchev–Trinajstić information content (AvgIpc) is 3.28. The van der Waals surface area contributed by atoms with Crippen molar-refractivity contribution >= 4 is 45.8 Å². The third kappa shape index (κ3) is 8.84. The predicted octanol–water partition coefficient (Wildman–Crippen LogP) is 5.41. The molecule has 2 aromatic carbocycles. The van der Waals surface area contributed by atoms with Crippen molar-refractivity contribution < 1.29 is 27.6 Å². The van der Waals surface area contributed by atoms with Crippen molar-refractivity contribution in [3.05, 3.63) is 81.3 Å². The van der Waals surface area contributed by atoms with Gasteiger partial charge in [0.15, 0.2) is 5.13 Å². The Morgan fingerprint density at radius 2 is 1.79 bits per heavy atom. The lowest BCUT2D eigenvalue weighted by atomic mass is 10.1. The fourth-order valence-electron chi connectivity index (χ4n) is 3.50. The minimum atomic E-state index is -4.46. The summed E-state index contributed by atoms with van der Waals surface area (Å²) in [5, 5.41) is 7.58. The summed E-state index contributed by atoms with van der Waals surface area (Å²) in [7, 11) is 0. The highest BCUT2D eigenvalue weighted by molar-refractivity contribution is 7.13. The molecule has 3 amide bonds. The van der Waals surface area contributed by atoms with Gasteiger partial charge >= 0.3 is 6.18 Å². The molecule has 0 atom stereocenters. The van der Waals surface area contributed by atoms with Gasteiger partial charge in [0.2, 0.25) is 11.8 Å². The molecule has 1 aromatic heterocycles. The van der Waals surface area contributed by atoms with Crippen molar-refractivity contribution in [3.8, 4) is 0 Å². The van der Waals surface area contributed by atoms with Crippen LogP contribution >= 0.6 is 22.9 Å². The number of aromatic nitrogens is 1. The molecule has 12 heteroatoms. The molecule has 0 aliphatic heterocycles. The Hall–Kier alpha value is -3.44. The minimum Gasteiger partial charge on any atom is -0.352 e. The number of nitrogens with one attached hydrogen (secondary N) is 2. The van der Waals surface area contributed by atoms with Gasteiger partial charge in [-0.25, -0.2) is 4.98 Å². The molecule has 38 heavy (non-hydrogen) atoms. The standard InChI is InChI=1S/C26H26ClF3N4O3S/c1-16(2)13-34(24(37)18-6-8-20(27)9-7-18)14-23(36)33-25-32-21(15-38-25)11-22(35)31-12-17-4-3-5-19(10-17)26(28,29)30/h3-10,15-16H,11-14H2,1-2H3,(H,31,35)(H,32,33,36). The van der Waals surface area contributed by atoms with Gasteiger partial charge in [0.25, 0.3) is 5.91 Å². The number of benzene rings is 2. The maximum Gasteiger partial charge on any atom is 0.416 e. The van der Waals surface area contributed by atoms with E-state index in [4.69, 9.17) is 11.6 Å². The van der Waals surface area contributed by atoms with Crippen LogP contribution in [0.3, 0.4) is 0 Å². The molecule has 0 spiro atoms. The molecule has 7 nitrogen and oxygen atoms in total. The number of halogens is 4. The van der Waals surface area contributed by atoms with Crippen molar-refractivity contribution in [2.45, 2.75) is 33.0 Å². The van der Waals surface area contributed by atoms with E-state index < -0.39 is 23.6 Å². The molecule has 0 aliphatic carbocycles. The molecule has 1 heterocycles. The number of alkyl halides is 3. The zero-order valence-electron chi connectivity index (χ0n) is 20.6. The zero-order valence-corrected chi connectivity index (χ0v) is 22.2. The van der Waals surface area contributed by atoms with E-state index in [1.54, 1.807) is 29.6 Å². The molecule has 0 bridgehead atoms. The van der Waals surface area contributed by atoms with Crippen molar-refractivity contribution in [1.29, 1.82) is 0 Å². The van der Waals surface area contributed by atoms with Crippen LogP contribution in [0.5, 0.6) is 0 Å². The second-order valence-electron chi connectivity index (χ2n) is 8.93. The third-order valence-electron chi connectivity index (χ3n) is 5.18. The third-order valence-corrected chi connectivity index (χ3v) is 6.24. The van der Waals surface area contributed by atoms with E-state index in [-0.39, 0.29) is 36.5 Å². The summed E-state index contributed by atoms with van der Waals surface area (Å²) in [4.78, 5) is 43.5. The number of rotatable bonds is 10. The molecule has 0 radical (unpaired) electrons. The van der Waals surface area contributed by atoms with Gasteiger partial charge in [-0.3, -0.25) is 14.4 Å². The Bertz CT molecular complexity index is 1280. The number of hydrogen-bond donors (Lipinski definition) is 2. The van der Waals surface area contributed by atoms with E-state index in [1.807, 2.05) is 13.8 Å². The Balaban J connectivity index is 1.54. The van der Waals surface area contributed by atoms with Gasteiger partial charge in [0.05, 0.1) is 17.7 Å². The van der Waals surface area contributed by atoms with E-state index in [0.717, 1.165) is 23.5 Å². The van der Waals surface area contributed by atoms with E-state index in [9.17, 15) is 27.6 Å². The molecule has 3 rings (SSSR count). The Kier molecular flexibility index (Phi) is 9.87. The number of hydrogen-bond acceptors (Lipinski definition) is 5. The molecule has 2 N–H and O–H groups in total. The van der Waals surface area contributed by atoms with Gasteiger partial charge < -0.3 is 15.5 Å². The van der Waals surface area contributed by atoms with Crippen LogP contribution in [0.25, 0.3) is 0 Å². The smallest absolute Gasteiger partial charge is 0.352 e. The highest BCUT2D eigenvalue weighted by atomic mass is 35.5. The summed E-state index contributed by atoms with van der Waals surface area (Å²) in [6, 6.07) is 11.1. The van der Waals surface area contributed by atoms with E-state index in [1.165, 1.54) is 17.0 Å². The van der Waals surface area contributed by atoms with Crippen molar-refractivity contribution in [2.24, 2.45) is 5.92 Å². The fraction of sp³-hybridized carbons (Fsp3) is 0.308. The first-order valence-electron chi connectivity index (χ1n) is 11.6. The lowest BCUT2D eigenvalue weighted by Gasteiger charge is -2.24. The second kappa shape index (κ2) is 12.9. The summed E-state index contributed by atoms with van der Waals surface area (Å²) in [5.41, 5.74) is 0.336. The molecule has 0 fully saturated rings. The SMILES string of the molecule is CC(C)CN(CC(=O)Nc1nc(CC(=O)NCc2cccc(C(F)(F)F)c2)cs1)C(=O)c1ccc(Cl)cc1. The fourth-order valence-corrected chi connectivity index (χ4v) is 4.35. The van der Waals surface area contributed by atoms with Crippen molar-refractivity contribution in [2.75, 3.05) is 18.4 Å². The number of anilines is 1. The van der Waals surface area contributed by atoms with Crippen LogP contribution in [0, 0.1) is 5.92 Å². The van der Waals surface area contributed by atoms with Gasteiger partial charge in [-0.05, 0) is 47.9 Å². The van der Waals surface area contributed by atoms with Crippen LogP contribution in [0.15, 0.2) is 53.9 Å². The van der Waals surface area contributed by atoms with Crippen LogP contribution in [0.4, 0.5) is 18.3 Å². The van der Waals surface area contributed by atoms with Crippen LogP contribution in [0.2, 0.25) is 5.02 Å². The van der Waals surface area contributed by atoms with Crippen LogP contribution in [-0.4, -0.2) is 40.7 Å². The van der Waals surface area contributed by atoms with Gasteiger partial charge in [0.1, 0.15) is 6.54 Å². The second-order valence-corrected chi connectivity index (χ2v) is 10.2. The normalized spacial score (nSPS) is 11.3. The first-order valence-corrected chi connectivity index (χ1v) is 12.9. The number of amides is 3. The summed E-state index contributed by atoms with van der Waals surface area (Å²) in [6.07, 6.45) is -4.57. The van der Waals surface area contributed by atoms with Gasteiger partial charge in [-0.1, -0.05) is 37.6 Å².